The summed E-state index contributed by atoms with van der Waals surface area (Å²) < 4.78 is 0. The normalized spacial score (nSPS) is 14.5. The van der Waals surface area contributed by atoms with Gasteiger partial charge in [-0.25, -0.2) is 0 Å². The number of hydrogen-bond donors (Lipinski definition) is 2. The first-order chi connectivity index (χ1) is 8.59. The first kappa shape index (κ1) is 16.2. The first-order valence-corrected chi connectivity index (χ1v) is 7.16. The van der Waals surface area contributed by atoms with Crippen LogP contribution >= 0.6 is 0 Å². The lowest BCUT2D eigenvalue weighted by Gasteiger charge is -2.33. The predicted octanol–water partition coefficient (Wildman–Crippen LogP) is 3.67. The van der Waals surface area contributed by atoms with Gasteiger partial charge in [0, 0.05) is 6.04 Å². The zero-order valence-corrected chi connectivity index (χ0v) is 13.4. The van der Waals surface area contributed by atoms with Crippen LogP contribution in [0.5, 0.6) is 0 Å². The van der Waals surface area contributed by atoms with E-state index in [2.05, 4.69) is 59.7 Å². The fourth-order valence-electron chi connectivity index (χ4n) is 2.39. The molecule has 0 aliphatic carbocycles. The van der Waals surface area contributed by atoms with Gasteiger partial charge in [-0.05, 0) is 47.4 Å². The second kappa shape index (κ2) is 5.64. The highest BCUT2D eigenvalue weighted by Gasteiger charge is 2.28. The molecule has 19 heavy (non-hydrogen) atoms. The summed E-state index contributed by atoms with van der Waals surface area (Å²) in [6.45, 7) is 13.9. The van der Waals surface area contributed by atoms with Crippen molar-refractivity contribution in [3.05, 3.63) is 34.9 Å². The van der Waals surface area contributed by atoms with Crippen LogP contribution in [0.4, 0.5) is 0 Å². The highest BCUT2D eigenvalue weighted by atomic mass is 14.7. The van der Waals surface area contributed by atoms with Crippen molar-refractivity contribution < 1.29 is 0 Å². The molecule has 108 valence electrons. The van der Waals surface area contributed by atoms with Gasteiger partial charge < -0.3 is 11.5 Å². The Morgan fingerprint density at radius 3 is 2.16 bits per heavy atom. The third kappa shape index (κ3) is 3.80. The monoisotopic (exact) mass is 262 g/mol. The molecule has 2 heteroatoms. The largest absolute Gasteiger partial charge is 0.330 e. The van der Waals surface area contributed by atoms with Crippen LogP contribution < -0.4 is 11.5 Å². The number of hydrogen-bond acceptors (Lipinski definition) is 2. The molecule has 0 aromatic heterocycles. The van der Waals surface area contributed by atoms with E-state index < -0.39 is 0 Å². The molecule has 1 unspecified atom stereocenters. The van der Waals surface area contributed by atoms with Crippen LogP contribution in [0, 0.1) is 12.3 Å². The van der Waals surface area contributed by atoms with Crippen molar-refractivity contribution >= 4 is 0 Å². The summed E-state index contributed by atoms with van der Waals surface area (Å²) >= 11 is 0. The molecule has 0 radical (unpaired) electrons. The SMILES string of the molecule is Cc1ccc(C(C)(C)C)cc1C(N)C(C)(C)CCN. The average Bonchev–Trinajstić information content (AvgIpc) is 2.27. The molecule has 1 atom stereocenters. The van der Waals surface area contributed by atoms with Crippen LogP contribution in [-0.2, 0) is 5.41 Å². The molecule has 0 amide bonds. The van der Waals surface area contributed by atoms with Crippen molar-refractivity contribution in [3.63, 3.8) is 0 Å². The minimum absolute atomic E-state index is 0.0238. The molecule has 0 heterocycles. The molecule has 0 spiro atoms. The van der Waals surface area contributed by atoms with Gasteiger partial charge in [-0.15, -0.1) is 0 Å². The van der Waals surface area contributed by atoms with Gasteiger partial charge >= 0.3 is 0 Å². The Morgan fingerprint density at radius 1 is 1.11 bits per heavy atom. The lowest BCUT2D eigenvalue weighted by molar-refractivity contribution is 0.270. The summed E-state index contributed by atoms with van der Waals surface area (Å²) in [4.78, 5) is 0. The molecule has 0 saturated carbocycles. The van der Waals surface area contributed by atoms with Crippen molar-refractivity contribution in [3.8, 4) is 0 Å². The standard InChI is InChI=1S/C17H30N2/c1-12-7-8-13(16(2,3)4)11-14(12)15(19)17(5,6)9-10-18/h7-8,11,15H,9-10,18-19H2,1-6H3. The van der Waals surface area contributed by atoms with Crippen LogP contribution in [0.15, 0.2) is 18.2 Å². The number of benzene rings is 1. The van der Waals surface area contributed by atoms with E-state index in [1.165, 1.54) is 16.7 Å². The maximum Gasteiger partial charge on any atom is 0.0350 e. The Morgan fingerprint density at radius 2 is 1.68 bits per heavy atom. The number of nitrogens with two attached hydrogens (primary N) is 2. The van der Waals surface area contributed by atoms with E-state index in [1.54, 1.807) is 0 Å². The average molecular weight is 262 g/mol. The van der Waals surface area contributed by atoms with E-state index >= 15 is 0 Å². The summed E-state index contributed by atoms with van der Waals surface area (Å²) in [7, 11) is 0. The Balaban J connectivity index is 3.19. The van der Waals surface area contributed by atoms with Crippen LogP contribution in [0.1, 0.15) is 63.8 Å². The second-order valence-corrected chi connectivity index (χ2v) is 7.33. The topological polar surface area (TPSA) is 52.0 Å². The van der Waals surface area contributed by atoms with E-state index in [0.717, 1.165) is 6.42 Å². The summed E-state index contributed by atoms with van der Waals surface area (Å²) in [6, 6.07) is 6.70. The molecule has 0 saturated heterocycles. The Labute approximate surface area is 118 Å². The fraction of sp³-hybridized carbons (Fsp3) is 0.647. The minimum Gasteiger partial charge on any atom is -0.330 e. The molecule has 4 N–H and O–H groups in total. The molecule has 1 rings (SSSR count). The Kier molecular flexibility index (Phi) is 4.81. The van der Waals surface area contributed by atoms with Crippen molar-refractivity contribution in [2.24, 2.45) is 16.9 Å². The van der Waals surface area contributed by atoms with Gasteiger partial charge in [0.2, 0.25) is 0 Å². The van der Waals surface area contributed by atoms with Crippen LogP contribution in [0.25, 0.3) is 0 Å². The smallest absolute Gasteiger partial charge is 0.0350 e. The summed E-state index contributed by atoms with van der Waals surface area (Å²) in [5.74, 6) is 0. The van der Waals surface area contributed by atoms with Crippen molar-refractivity contribution in [1.82, 2.24) is 0 Å². The van der Waals surface area contributed by atoms with E-state index in [1.807, 2.05) is 0 Å². The molecule has 2 nitrogen and oxygen atoms in total. The third-order valence-corrected chi connectivity index (χ3v) is 4.11. The van der Waals surface area contributed by atoms with Crippen molar-refractivity contribution in [1.29, 1.82) is 0 Å². The molecular weight excluding hydrogens is 232 g/mol. The van der Waals surface area contributed by atoms with Gasteiger partial charge in [0.15, 0.2) is 0 Å². The molecule has 0 aliphatic rings. The van der Waals surface area contributed by atoms with Gasteiger partial charge in [0.05, 0.1) is 0 Å². The molecular formula is C17H30N2. The van der Waals surface area contributed by atoms with Crippen molar-refractivity contribution in [2.45, 2.75) is 59.4 Å². The molecule has 0 fully saturated rings. The highest BCUT2D eigenvalue weighted by Crippen LogP contribution is 2.37. The lowest BCUT2D eigenvalue weighted by Crippen LogP contribution is -2.32. The minimum atomic E-state index is 0.0238. The summed E-state index contributed by atoms with van der Waals surface area (Å²) in [6.07, 6.45) is 0.938. The zero-order valence-electron chi connectivity index (χ0n) is 13.4. The summed E-state index contributed by atoms with van der Waals surface area (Å²) in [5.41, 5.74) is 16.3. The van der Waals surface area contributed by atoms with E-state index in [4.69, 9.17) is 11.5 Å². The lowest BCUT2D eigenvalue weighted by atomic mass is 9.75. The predicted molar refractivity (Wildman–Crippen MR) is 84.3 cm³/mol. The second-order valence-electron chi connectivity index (χ2n) is 7.33. The molecule has 0 bridgehead atoms. The molecule has 1 aromatic carbocycles. The van der Waals surface area contributed by atoms with Gasteiger partial charge in [-0.1, -0.05) is 52.8 Å². The number of aryl methyl sites for hydroxylation is 1. The zero-order chi connectivity index (χ0) is 14.8. The van der Waals surface area contributed by atoms with Gasteiger partial charge in [-0.3, -0.25) is 0 Å². The van der Waals surface area contributed by atoms with E-state index in [9.17, 15) is 0 Å². The van der Waals surface area contributed by atoms with Gasteiger partial charge in [0.25, 0.3) is 0 Å². The van der Waals surface area contributed by atoms with Crippen LogP contribution in [-0.4, -0.2) is 6.54 Å². The van der Waals surface area contributed by atoms with Crippen molar-refractivity contribution in [2.75, 3.05) is 6.54 Å². The maximum absolute atomic E-state index is 6.52. The van der Waals surface area contributed by atoms with Gasteiger partial charge in [-0.2, -0.15) is 0 Å². The van der Waals surface area contributed by atoms with Gasteiger partial charge in [0.1, 0.15) is 0 Å². The number of rotatable bonds is 4. The summed E-state index contributed by atoms with van der Waals surface area (Å²) in [5, 5.41) is 0. The Hall–Kier alpha value is -0.860. The van der Waals surface area contributed by atoms with E-state index in [0.29, 0.717) is 6.54 Å². The molecule has 1 aromatic rings. The third-order valence-electron chi connectivity index (χ3n) is 4.11. The Bertz CT molecular complexity index is 427. The first-order valence-electron chi connectivity index (χ1n) is 7.16. The van der Waals surface area contributed by atoms with E-state index in [-0.39, 0.29) is 16.9 Å². The van der Waals surface area contributed by atoms with Crippen LogP contribution in [0.2, 0.25) is 0 Å². The quantitative estimate of drug-likeness (QED) is 0.870. The fourth-order valence-corrected chi connectivity index (χ4v) is 2.39. The maximum atomic E-state index is 6.52. The highest BCUT2D eigenvalue weighted by molar-refractivity contribution is 5.37. The van der Waals surface area contributed by atoms with Crippen LogP contribution in [0.3, 0.4) is 0 Å². The molecule has 0 aliphatic heterocycles.